The zero-order valence-corrected chi connectivity index (χ0v) is 14.7. The highest BCUT2D eigenvalue weighted by atomic mass is 32.2. The molecule has 0 spiro atoms. The zero-order valence-electron chi connectivity index (χ0n) is 13.9. The first-order valence-electron chi connectivity index (χ1n) is 7.94. The zero-order chi connectivity index (χ0) is 17.2. The van der Waals surface area contributed by atoms with Crippen molar-refractivity contribution in [3.8, 4) is 0 Å². The van der Waals surface area contributed by atoms with Gasteiger partial charge < -0.3 is 4.57 Å². The molecular weight excluding hydrogens is 322 g/mol. The maximum Gasteiger partial charge on any atom is 0.240 e. The number of aryl methyl sites for hydroxylation is 3. The van der Waals surface area contributed by atoms with Crippen molar-refractivity contribution >= 4 is 21.1 Å². The predicted molar refractivity (Wildman–Crippen MR) is 95.5 cm³/mol. The molecule has 0 saturated heterocycles. The molecule has 5 nitrogen and oxygen atoms in total. The Morgan fingerprint density at radius 1 is 1.12 bits per heavy atom. The summed E-state index contributed by atoms with van der Waals surface area (Å²) >= 11 is 0. The monoisotopic (exact) mass is 343 g/mol. The molecule has 0 atom stereocenters. The van der Waals surface area contributed by atoms with E-state index in [0.717, 1.165) is 28.7 Å². The van der Waals surface area contributed by atoms with Gasteiger partial charge in [-0.1, -0.05) is 29.8 Å². The fraction of sp³-hybridized carbons (Fsp3) is 0.278. The number of aromatic nitrogens is 2. The van der Waals surface area contributed by atoms with Gasteiger partial charge in [0.15, 0.2) is 0 Å². The Morgan fingerprint density at radius 2 is 1.92 bits per heavy atom. The first-order valence-corrected chi connectivity index (χ1v) is 9.42. The summed E-state index contributed by atoms with van der Waals surface area (Å²) in [5.41, 5.74) is 3.84. The highest BCUT2D eigenvalue weighted by Gasteiger charge is 2.15. The summed E-state index contributed by atoms with van der Waals surface area (Å²) in [6.45, 7) is 4.88. The number of hydrogen-bond acceptors (Lipinski definition) is 3. The molecule has 0 amide bonds. The maximum absolute atomic E-state index is 12.4. The number of hydrogen-bond donors (Lipinski definition) is 1. The number of benzene rings is 2. The molecule has 1 aromatic heterocycles. The molecule has 0 aliphatic heterocycles. The molecule has 0 bridgehead atoms. The van der Waals surface area contributed by atoms with Crippen molar-refractivity contribution in [2.45, 2.75) is 31.7 Å². The first kappa shape index (κ1) is 16.7. The van der Waals surface area contributed by atoms with Crippen molar-refractivity contribution in [1.82, 2.24) is 14.3 Å². The van der Waals surface area contributed by atoms with Crippen LogP contribution in [-0.2, 0) is 16.6 Å². The van der Waals surface area contributed by atoms with Crippen LogP contribution in [0, 0.1) is 13.8 Å². The highest BCUT2D eigenvalue weighted by molar-refractivity contribution is 7.89. The third-order valence-corrected chi connectivity index (χ3v) is 5.64. The van der Waals surface area contributed by atoms with Gasteiger partial charge in [-0.15, -0.1) is 0 Å². The molecule has 6 heteroatoms. The first-order chi connectivity index (χ1) is 11.5. The molecule has 0 radical (unpaired) electrons. The van der Waals surface area contributed by atoms with E-state index in [1.807, 2.05) is 54.8 Å². The lowest BCUT2D eigenvalue weighted by Crippen LogP contribution is -2.26. The van der Waals surface area contributed by atoms with Crippen LogP contribution in [0.15, 0.2) is 53.7 Å². The van der Waals surface area contributed by atoms with Crippen molar-refractivity contribution < 1.29 is 8.42 Å². The number of nitrogens with one attached hydrogen (secondary N) is 1. The van der Waals surface area contributed by atoms with Gasteiger partial charge in [-0.3, -0.25) is 0 Å². The molecule has 0 saturated carbocycles. The maximum atomic E-state index is 12.4. The van der Waals surface area contributed by atoms with E-state index in [-0.39, 0.29) is 0 Å². The van der Waals surface area contributed by atoms with Crippen LogP contribution in [0.3, 0.4) is 0 Å². The fourth-order valence-corrected chi connectivity index (χ4v) is 4.12. The Balaban J connectivity index is 1.61. The van der Waals surface area contributed by atoms with Gasteiger partial charge in [-0.25, -0.2) is 18.1 Å². The molecule has 1 N–H and O–H groups in total. The molecule has 0 aliphatic carbocycles. The van der Waals surface area contributed by atoms with Crippen molar-refractivity contribution in [2.75, 3.05) is 6.54 Å². The van der Waals surface area contributed by atoms with Crippen LogP contribution >= 0.6 is 0 Å². The number of nitrogens with zero attached hydrogens (tertiary/aromatic N) is 2. The van der Waals surface area contributed by atoms with E-state index in [1.54, 1.807) is 12.4 Å². The number of imidazole rings is 1. The topological polar surface area (TPSA) is 64.0 Å². The van der Waals surface area contributed by atoms with E-state index >= 15 is 0 Å². The number of fused-ring (bicyclic) bond motifs is 1. The Morgan fingerprint density at radius 3 is 2.71 bits per heavy atom. The summed E-state index contributed by atoms with van der Waals surface area (Å²) < 4.78 is 29.5. The van der Waals surface area contributed by atoms with Crippen LogP contribution in [0.2, 0.25) is 0 Å². The summed E-state index contributed by atoms with van der Waals surface area (Å²) in [5.74, 6) is 0. The van der Waals surface area contributed by atoms with Gasteiger partial charge in [0.05, 0.1) is 22.3 Å². The molecular formula is C18H21N3O2S. The summed E-state index contributed by atoms with van der Waals surface area (Å²) in [4.78, 5) is 4.69. The lowest BCUT2D eigenvalue weighted by molar-refractivity contribution is 0.571. The van der Waals surface area contributed by atoms with E-state index in [2.05, 4.69) is 9.71 Å². The van der Waals surface area contributed by atoms with Gasteiger partial charge >= 0.3 is 0 Å². The quantitative estimate of drug-likeness (QED) is 0.700. The second-order valence-corrected chi connectivity index (χ2v) is 7.68. The van der Waals surface area contributed by atoms with Crippen LogP contribution in [0.25, 0.3) is 11.0 Å². The summed E-state index contributed by atoms with van der Waals surface area (Å²) in [7, 11) is -3.47. The molecule has 24 heavy (non-hydrogen) atoms. The van der Waals surface area contributed by atoms with Gasteiger partial charge in [0.1, 0.15) is 0 Å². The SMILES string of the molecule is Cc1ccc(S(=O)(=O)NCCCn2cnc3ccccc32)c(C)c1. The molecule has 2 aromatic carbocycles. The fourth-order valence-electron chi connectivity index (χ4n) is 2.82. The van der Waals surface area contributed by atoms with Crippen LogP contribution in [0.5, 0.6) is 0 Å². The van der Waals surface area contributed by atoms with Gasteiger partial charge in [-0.2, -0.15) is 0 Å². The Kier molecular flexibility index (Phi) is 4.69. The lowest BCUT2D eigenvalue weighted by Gasteiger charge is -2.10. The predicted octanol–water partition coefficient (Wildman–Crippen LogP) is 3.02. The molecule has 1 heterocycles. The number of sulfonamides is 1. The number of rotatable bonds is 6. The average molecular weight is 343 g/mol. The Bertz CT molecular complexity index is 961. The average Bonchev–Trinajstić information content (AvgIpc) is 2.94. The second-order valence-electron chi connectivity index (χ2n) is 5.95. The lowest BCUT2D eigenvalue weighted by atomic mass is 10.2. The van der Waals surface area contributed by atoms with Crippen LogP contribution in [0.1, 0.15) is 17.5 Å². The third kappa shape index (κ3) is 3.49. The van der Waals surface area contributed by atoms with Crippen LogP contribution in [-0.4, -0.2) is 24.5 Å². The highest BCUT2D eigenvalue weighted by Crippen LogP contribution is 2.16. The summed E-state index contributed by atoms with van der Waals surface area (Å²) in [6.07, 6.45) is 2.49. The Hall–Kier alpha value is -2.18. The summed E-state index contributed by atoms with van der Waals surface area (Å²) in [6, 6.07) is 13.3. The molecule has 3 rings (SSSR count). The van der Waals surface area contributed by atoms with Gasteiger partial charge in [-0.05, 0) is 44.0 Å². The van der Waals surface area contributed by atoms with Gasteiger partial charge in [0.25, 0.3) is 0 Å². The minimum absolute atomic E-state index is 0.348. The molecule has 3 aromatic rings. The smallest absolute Gasteiger partial charge is 0.240 e. The van der Waals surface area contributed by atoms with Crippen LogP contribution < -0.4 is 4.72 Å². The molecule has 0 aliphatic rings. The van der Waals surface area contributed by atoms with E-state index in [4.69, 9.17) is 0 Å². The second kappa shape index (κ2) is 6.75. The third-order valence-electron chi connectivity index (χ3n) is 4.02. The van der Waals surface area contributed by atoms with E-state index < -0.39 is 10.0 Å². The Labute approximate surface area is 142 Å². The molecule has 0 fully saturated rings. The van der Waals surface area contributed by atoms with Crippen molar-refractivity contribution in [1.29, 1.82) is 0 Å². The van der Waals surface area contributed by atoms with Crippen molar-refractivity contribution in [2.24, 2.45) is 0 Å². The largest absolute Gasteiger partial charge is 0.331 e. The minimum Gasteiger partial charge on any atom is -0.331 e. The van der Waals surface area contributed by atoms with E-state index in [9.17, 15) is 8.42 Å². The summed E-state index contributed by atoms with van der Waals surface area (Å²) in [5, 5.41) is 0. The van der Waals surface area contributed by atoms with Crippen molar-refractivity contribution in [3.63, 3.8) is 0 Å². The number of para-hydroxylation sites is 2. The van der Waals surface area contributed by atoms with Crippen molar-refractivity contribution in [3.05, 3.63) is 59.9 Å². The van der Waals surface area contributed by atoms with Gasteiger partial charge in [0.2, 0.25) is 10.0 Å². The van der Waals surface area contributed by atoms with E-state index in [1.165, 1.54) is 0 Å². The van der Waals surface area contributed by atoms with Gasteiger partial charge in [0, 0.05) is 13.1 Å². The minimum atomic E-state index is -3.47. The molecule has 0 unspecified atom stereocenters. The normalized spacial score (nSPS) is 11.9. The standard InChI is InChI=1S/C18H21N3O2S/c1-14-8-9-18(15(2)12-14)24(22,23)20-10-5-11-21-13-19-16-6-3-4-7-17(16)21/h3-4,6-9,12-13,20H,5,10-11H2,1-2H3. The van der Waals surface area contributed by atoms with E-state index in [0.29, 0.717) is 17.9 Å². The molecule has 126 valence electrons. The van der Waals surface area contributed by atoms with Crippen LogP contribution in [0.4, 0.5) is 0 Å².